The molecule has 0 aliphatic carbocycles. The van der Waals surface area contributed by atoms with Crippen molar-refractivity contribution in [3.63, 3.8) is 0 Å². The molecule has 0 aliphatic rings. The fraction of sp³-hybridized carbons (Fsp3) is 0.0625. The number of esters is 1. The third-order valence-corrected chi connectivity index (χ3v) is 3.24. The molecule has 1 N–H and O–H groups in total. The van der Waals surface area contributed by atoms with Crippen LogP contribution in [0.5, 0.6) is 0 Å². The lowest BCUT2D eigenvalue weighted by molar-refractivity contribution is 0.0602. The van der Waals surface area contributed by atoms with Crippen LogP contribution in [-0.2, 0) is 4.74 Å². The first-order valence-electron chi connectivity index (χ1n) is 6.62. The van der Waals surface area contributed by atoms with E-state index < -0.39 is 12.0 Å². The van der Waals surface area contributed by atoms with Gasteiger partial charge in [-0.05, 0) is 18.2 Å². The van der Waals surface area contributed by atoms with Gasteiger partial charge in [0.1, 0.15) is 0 Å². The number of nitrogens with zero attached hydrogens (tertiary/aromatic N) is 2. The Morgan fingerprint density at radius 1 is 1.09 bits per heavy atom. The second-order valence-electron chi connectivity index (χ2n) is 4.58. The van der Waals surface area contributed by atoms with Gasteiger partial charge in [-0.25, -0.2) is 9.59 Å². The van der Waals surface area contributed by atoms with Crippen molar-refractivity contribution in [2.45, 2.75) is 0 Å². The molecule has 0 fully saturated rings. The summed E-state index contributed by atoms with van der Waals surface area (Å²) in [5, 5.41) is 7.62. The van der Waals surface area contributed by atoms with Crippen LogP contribution in [0.2, 0.25) is 0 Å². The van der Waals surface area contributed by atoms with Crippen LogP contribution in [0.1, 0.15) is 10.4 Å². The molecule has 0 bridgehead atoms. The van der Waals surface area contributed by atoms with Gasteiger partial charge < -0.3 is 10.1 Å². The van der Waals surface area contributed by atoms with Crippen molar-refractivity contribution in [3.8, 4) is 0 Å². The van der Waals surface area contributed by atoms with Crippen molar-refractivity contribution < 1.29 is 14.3 Å². The van der Waals surface area contributed by atoms with Gasteiger partial charge in [0, 0.05) is 5.39 Å². The van der Waals surface area contributed by atoms with E-state index in [0.29, 0.717) is 11.2 Å². The fourth-order valence-corrected chi connectivity index (χ4v) is 2.18. The van der Waals surface area contributed by atoms with E-state index in [0.717, 1.165) is 5.39 Å². The van der Waals surface area contributed by atoms with E-state index >= 15 is 0 Å². The first kappa shape index (κ1) is 13.8. The van der Waals surface area contributed by atoms with E-state index in [4.69, 9.17) is 4.74 Å². The van der Waals surface area contributed by atoms with E-state index in [1.807, 2.05) is 18.2 Å². The lowest BCUT2D eigenvalue weighted by atomic mass is 10.2. The maximum atomic E-state index is 12.4. The van der Waals surface area contributed by atoms with Crippen molar-refractivity contribution in [1.29, 1.82) is 0 Å². The van der Waals surface area contributed by atoms with E-state index in [-0.39, 0.29) is 5.56 Å². The minimum Gasteiger partial charge on any atom is -0.465 e. The number of aromatic nitrogens is 2. The zero-order chi connectivity index (χ0) is 15.5. The maximum absolute atomic E-state index is 12.4. The highest BCUT2D eigenvalue weighted by molar-refractivity contribution is 6.03. The third kappa shape index (κ3) is 2.42. The number of methoxy groups -OCH3 is 1. The lowest BCUT2D eigenvalue weighted by Gasteiger charge is -2.09. The third-order valence-electron chi connectivity index (χ3n) is 3.24. The highest BCUT2D eigenvalue weighted by atomic mass is 16.5. The number of ether oxygens (including phenoxy) is 1. The molecule has 22 heavy (non-hydrogen) atoms. The standard InChI is InChI=1S/C16H13N3O3/c1-22-15(20)12-7-3-4-8-13(12)18-16(21)19-14-9-5-2-6-11(14)10-17-19/h2-10H,1H3,(H,18,21). The summed E-state index contributed by atoms with van der Waals surface area (Å²) < 4.78 is 5.96. The quantitative estimate of drug-likeness (QED) is 0.738. The Balaban J connectivity index is 1.94. The molecular formula is C16H13N3O3. The normalized spacial score (nSPS) is 10.4. The summed E-state index contributed by atoms with van der Waals surface area (Å²) in [6.07, 6.45) is 1.61. The van der Waals surface area contributed by atoms with Crippen LogP contribution >= 0.6 is 0 Å². The molecule has 0 saturated heterocycles. The Kier molecular flexibility index (Phi) is 3.57. The largest absolute Gasteiger partial charge is 0.465 e. The molecule has 6 heteroatoms. The van der Waals surface area contributed by atoms with Gasteiger partial charge in [-0.3, -0.25) is 0 Å². The SMILES string of the molecule is COC(=O)c1ccccc1NC(=O)n1ncc2ccccc21. The number of hydrogen-bond donors (Lipinski definition) is 1. The van der Waals surface area contributed by atoms with E-state index in [2.05, 4.69) is 10.4 Å². The Morgan fingerprint density at radius 3 is 2.64 bits per heavy atom. The molecule has 0 radical (unpaired) electrons. The number of anilines is 1. The van der Waals surface area contributed by atoms with Gasteiger partial charge in [-0.15, -0.1) is 0 Å². The highest BCUT2D eigenvalue weighted by Gasteiger charge is 2.15. The molecule has 6 nitrogen and oxygen atoms in total. The van der Waals surface area contributed by atoms with Crippen molar-refractivity contribution in [2.75, 3.05) is 12.4 Å². The molecule has 1 aromatic heterocycles. The van der Waals surface area contributed by atoms with Gasteiger partial charge >= 0.3 is 12.0 Å². The number of hydrogen-bond acceptors (Lipinski definition) is 4. The Bertz CT molecular complexity index is 854. The van der Waals surface area contributed by atoms with Crippen LogP contribution in [-0.4, -0.2) is 28.9 Å². The van der Waals surface area contributed by atoms with Crippen LogP contribution in [0.15, 0.2) is 54.7 Å². The molecule has 0 unspecified atom stereocenters. The lowest BCUT2D eigenvalue weighted by Crippen LogP contribution is -2.22. The smallest absolute Gasteiger partial charge is 0.347 e. The predicted octanol–water partition coefficient (Wildman–Crippen LogP) is 2.90. The van der Waals surface area contributed by atoms with Gasteiger partial charge in [0.05, 0.1) is 30.1 Å². The Morgan fingerprint density at radius 2 is 1.82 bits per heavy atom. The minimum absolute atomic E-state index is 0.287. The van der Waals surface area contributed by atoms with Crippen LogP contribution in [0, 0.1) is 0 Å². The van der Waals surface area contributed by atoms with E-state index in [1.165, 1.54) is 11.8 Å². The van der Waals surface area contributed by atoms with Gasteiger partial charge in [-0.1, -0.05) is 30.3 Å². The molecule has 3 aromatic rings. The number of amides is 1. The second kappa shape index (κ2) is 5.69. The summed E-state index contributed by atoms with van der Waals surface area (Å²) in [5.41, 5.74) is 1.35. The first-order valence-corrected chi connectivity index (χ1v) is 6.62. The summed E-state index contributed by atoms with van der Waals surface area (Å²) in [6.45, 7) is 0. The molecule has 3 rings (SSSR count). The molecule has 0 atom stereocenters. The monoisotopic (exact) mass is 295 g/mol. The van der Waals surface area contributed by atoms with Crippen LogP contribution < -0.4 is 5.32 Å². The van der Waals surface area contributed by atoms with E-state index in [9.17, 15) is 9.59 Å². The van der Waals surface area contributed by atoms with Crippen molar-refractivity contribution in [2.24, 2.45) is 0 Å². The summed E-state index contributed by atoms with van der Waals surface area (Å²) in [6, 6.07) is 13.6. The molecule has 0 saturated carbocycles. The van der Waals surface area contributed by atoms with Crippen molar-refractivity contribution in [1.82, 2.24) is 9.78 Å². The predicted molar refractivity (Wildman–Crippen MR) is 81.9 cm³/mol. The Hall–Kier alpha value is -3.15. The average Bonchev–Trinajstić information content (AvgIpc) is 2.99. The van der Waals surface area contributed by atoms with Gasteiger partial charge in [0.15, 0.2) is 0 Å². The summed E-state index contributed by atoms with van der Waals surface area (Å²) in [4.78, 5) is 24.1. The number of nitrogens with one attached hydrogen (secondary N) is 1. The molecule has 0 aliphatic heterocycles. The summed E-state index contributed by atoms with van der Waals surface area (Å²) in [5.74, 6) is -0.513. The number of carbonyl (C=O) groups is 2. The van der Waals surface area contributed by atoms with Crippen LogP contribution in [0.4, 0.5) is 10.5 Å². The minimum atomic E-state index is -0.513. The Labute approximate surface area is 126 Å². The molecular weight excluding hydrogens is 282 g/mol. The zero-order valence-electron chi connectivity index (χ0n) is 11.8. The van der Waals surface area contributed by atoms with Gasteiger partial charge in [-0.2, -0.15) is 9.78 Å². The molecule has 1 heterocycles. The summed E-state index contributed by atoms with van der Waals surface area (Å²) >= 11 is 0. The molecule has 0 spiro atoms. The number of rotatable bonds is 2. The number of benzene rings is 2. The van der Waals surface area contributed by atoms with Crippen molar-refractivity contribution >= 4 is 28.6 Å². The molecule has 110 valence electrons. The molecule has 1 amide bonds. The summed E-state index contributed by atoms with van der Waals surface area (Å²) in [7, 11) is 1.29. The van der Waals surface area contributed by atoms with Gasteiger partial charge in [0.2, 0.25) is 0 Å². The first-order chi connectivity index (χ1) is 10.7. The number of fused-ring (bicyclic) bond motifs is 1. The number of para-hydroxylation sites is 2. The van der Waals surface area contributed by atoms with Crippen molar-refractivity contribution in [3.05, 3.63) is 60.3 Å². The van der Waals surface area contributed by atoms with Gasteiger partial charge in [0.25, 0.3) is 0 Å². The van der Waals surface area contributed by atoms with Crippen LogP contribution in [0.3, 0.4) is 0 Å². The topological polar surface area (TPSA) is 73.2 Å². The average molecular weight is 295 g/mol. The fourth-order valence-electron chi connectivity index (χ4n) is 2.18. The molecule has 2 aromatic carbocycles. The highest BCUT2D eigenvalue weighted by Crippen LogP contribution is 2.18. The zero-order valence-corrected chi connectivity index (χ0v) is 11.8. The van der Waals surface area contributed by atoms with Crippen LogP contribution in [0.25, 0.3) is 10.9 Å². The maximum Gasteiger partial charge on any atom is 0.347 e. The second-order valence-corrected chi connectivity index (χ2v) is 4.58. The van der Waals surface area contributed by atoms with E-state index in [1.54, 1.807) is 36.5 Å². The number of carbonyl (C=O) groups excluding carboxylic acids is 2.